The summed E-state index contributed by atoms with van der Waals surface area (Å²) in [5.41, 5.74) is 6.52. The van der Waals surface area contributed by atoms with Gasteiger partial charge in [0, 0.05) is 12.1 Å². The number of nitrogen functional groups attached to an aromatic ring is 1. The third-order valence-electron chi connectivity index (χ3n) is 2.94. The fourth-order valence-electron chi connectivity index (χ4n) is 1.92. The van der Waals surface area contributed by atoms with Crippen molar-refractivity contribution in [2.45, 2.75) is 6.04 Å². The molecular formula is C12H15ClN2O3. The van der Waals surface area contributed by atoms with Gasteiger partial charge in [-0.1, -0.05) is 11.6 Å². The number of carbonyl (C=O) groups excluding carboxylic acids is 1. The Morgan fingerprint density at radius 1 is 1.61 bits per heavy atom. The molecule has 1 aromatic rings. The van der Waals surface area contributed by atoms with Crippen LogP contribution >= 0.6 is 11.6 Å². The summed E-state index contributed by atoms with van der Waals surface area (Å²) in [4.78, 5) is 13.9. The van der Waals surface area contributed by atoms with E-state index in [0.29, 0.717) is 36.0 Å². The molecule has 1 atom stereocenters. The van der Waals surface area contributed by atoms with E-state index in [9.17, 15) is 9.90 Å². The molecule has 1 aromatic carbocycles. The molecule has 0 aliphatic carbocycles. The summed E-state index contributed by atoms with van der Waals surface area (Å²) >= 11 is 5.82. The molecule has 0 bridgehead atoms. The van der Waals surface area contributed by atoms with Crippen LogP contribution in [0.3, 0.4) is 0 Å². The Bertz CT molecular complexity index is 453. The SMILES string of the molecule is Nc1cc(C(=O)N2CCOCC2CO)ccc1Cl. The van der Waals surface area contributed by atoms with Gasteiger partial charge in [0.2, 0.25) is 0 Å². The highest BCUT2D eigenvalue weighted by Gasteiger charge is 2.27. The summed E-state index contributed by atoms with van der Waals surface area (Å²) in [6.07, 6.45) is 0. The lowest BCUT2D eigenvalue weighted by Gasteiger charge is -2.34. The largest absolute Gasteiger partial charge is 0.398 e. The van der Waals surface area contributed by atoms with Crippen LogP contribution in [0.4, 0.5) is 5.69 Å². The number of nitrogens with two attached hydrogens (primary N) is 1. The molecule has 6 heteroatoms. The Kier molecular flexibility index (Phi) is 4.06. The summed E-state index contributed by atoms with van der Waals surface area (Å²) in [7, 11) is 0. The lowest BCUT2D eigenvalue weighted by atomic mass is 10.1. The van der Waals surface area contributed by atoms with Crippen molar-refractivity contribution in [2.75, 3.05) is 32.1 Å². The molecule has 1 saturated heterocycles. The second kappa shape index (κ2) is 5.56. The van der Waals surface area contributed by atoms with Crippen LogP contribution < -0.4 is 5.73 Å². The van der Waals surface area contributed by atoms with Gasteiger partial charge in [-0.05, 0) is 18.2 Å². The Balaban J connectivity index is 2.21. The van der Waals surface area contributed by atoms with E-state index in [1.165, 1.54) is 0 Å². The Hall–Kier alpha value is -1.30. The van der Waals surface area contributed by atoms with Gasteiger partial charge in [-0.15, -0.1) is 0 Å². The first kappa shape index (κ1) is 13.1. The van der Waals surface area contributed by atoms with Crippen LogP contribution in [0.1, 0.15) is 10.4 Å². The molecule has 0 spiro atoms. The molecule has 1 aliphatic rings. The molecule has 1 fully saturated rings. The molecule has 18 heavy (non-hydrogen) atoms. The first-order valence-corrected chi connectivity index (χ1v) is 6.06. The number of aliphatic hydroxyl groups excluding tert-OH is 1. The van der Waals surface area contributed by atoms with Crippen LogP contribution in [0.25, 0.3) is 0 Å². The van der Waals surface area contributed by atoms with Crippen molar-refractivity contribution in [3.05, 3.63) is 28.8 Å². The van der Waals surface area contributed by atoms with Gasteiger partial charge >= 0.3 is 0 Å². The van der Waals surface area contributed by atoms with Crippen molar-refractivity contribution in [1.29, 1.82) is 0 Å². The van der Waals surface area contributed by atoms with Gasteiger partial charge in [-0.25, -0.2) is 0 Å². The Morgan fingerprint density at radius 2 is 2.39 bits per heavy atom. The summed E-state index contributed by atoms with van der Waals surface area (Å²) in [5.74, 6) is -0.166. The highest BCUT2D eigenvalue weighted by Crippen LogP contribution is 2.21. The molecule has 0 saturated carbocycles. The van der Waals surface area contributed by atoms with Crippen molar-refractivity contribution in [3.8, 4) is 0 Å². The maximum absolute atomic E-state index is 12.3. The average Bonchev–Trinajstić information content (AvgIpc) is 2.41. The molecule has 1 amide bonds. The molecule has 2 rings (SSSR count). The van der Waals surface area contributed by atoms with E-state index >= 15 is 0 Å². The monoisotopic (exact) mass is 270 g/mol. The number of nitrogens with zero attached hydrogens (tertiary/aromatic N) is 1. The number of aliphatic hydroxyl groups is 1. The summed E-state index contributed by atoms with van der Waals surface area (Å²) in [5, 5.41) is 9.66. The smallest absolute Gasteiger partial charge is 0.254 e. The number of rotatable bonds is 2. The molecule has 0 aromatic heterocycles. The zero-order chi connectivity index (χ0) is 13.1. The molecule has 5 nitrogen and oxygen atoms in total. The van der Waals surface area contributed by atoms with Gasteiger partial charge < -0.3 is 20.5 Å². The third-order valence-corrected chi connectivity index (χ3v) is 3.29. The van der Waals surface area contributed by atoms with E-state index in [4.69, 9.17) is 22.1 Å². The van der Waals surface area contributed by atoms with Gasteiger partial charge in [0.1, 0.15) is 0 Å². The number of carbonyl (C=O) groups is 1. The molecular weight excluding hydrogens is 256 g/mol. The molecule has 1 heterocycles. The number of hydrogen-bond donors (Lipinski definition) is 2. The minimum Gasteiger partial charge on any atom is -0.398 e. The van der Waals surface area contributed by atoms with Gasteiger partial charge in [0.25, 0.3) is 5.91 Å². The van der Waals surface area contributed by atoms with Crippen LogP contribution in [0.2, 0.25) is 5.02 Å². The topological polar surface area (TPSA) is 75.8 Å². The first-order valence-electron chi connectivity index (χ1n) is 5.68. The Labute approximate surface area is 110 Å². The number of benzene rings is 1. The van der Waals surface area contributed by atoms with E-state index in [1.54, 1.807) is 23.1 Å². The normalized spacial score (nSPS) is 19.9. The predicted molar refractivity (Wildman–Crippen MR) is 68.6 cm³/mol. The zero-order valence-electron chi connectivity index (χ0n) is 9.80. The van der Waals surface area contributed by atoms with Gasteiger partial charge in [-0.2, -0.15) is 0 Å². The lowest BCUT2D eigenvalue weighted by Crippen LogP contribution is -2.50. The van der Waals surface area contributed by atoms with Crippen molar-refractivity contribution in [3.63, 3.8) is 0 Å². The van der Waals surface area contributed by atoms with E-state index < -0.39 is 0 Å². The highest BCUT2D eigenvalue weighted by molar-refractivity contribution is 6.33. The van der Waals surface area contributed by atoms with E-state index in [2.05, 4.69) is 0 Å². The number of ether oxygens (including phenoxy) is 1. The van der Waals surface area contributed by atoms with Gasteiger partial charge in [0.05, 0.1) is 36.6 Å². The van der Waals surface area contributed by atoms with Crippen molar-refractivity contribution in [2.24, 2.45) is 0 Å². The van der Waals surface area contributed by atoms with E-state index in [0.717, 1.165) is 0 Å². The minimum absolute atomic E-state index is 0.116. The number of hydrogen-bond acceptors (Lipinski definition) is 4. The van der Waals surface area contributed by atoms with Crippen LogP contribution in [0.15, 0.2) is 18.2 Å². The fraction of sp³-hybridized carbons (Fsp3) is 0.417. The number of anilines is 1. The van der Waals surface area contributed by atoms with Gasteiger partial charge in [-0.3, -0.25) is 4.79 Å². The van der Waals surface area contributed by atoms with Crippen molar-refractivity contribution >= 4 is 23.2 Å². The van der Waals surface area contributed by atoms with E-state index in [-0.39, 0.29) is 18.6 Å². The second-order valence-electron chi connectivity index (χ2n) is 4.15. The average molecular weight is 271 g/mol. The lowest BCUT2D eigenvalue weighted by molar-refractivity contribution is -0.0183. The van der Waals surface area contributed by atoms with Crippen LogP contribution in [0.5, 0.6) is 0 Å². The molecule has 98 valence electrons. The molecule has 3 N–H and O–H groups in total. The third kappa shape index (κ3) is 2.58. The van der Waals surface area contributed by atoms with Crippen LogP contribution in [-0.2, 0) is 4.74 Å². The Morgan fingerprint density at radius 3 is 3.06 bits per heavy atom. The van der Waals surface area contributed by atoms with E-state index in [1.807, 2.05) is 0 Å². The summed E-state index contributed by atoms with van der Waals surface area (Å²) in [6, 6.07) is 4.47. The molecule has 1 unspecified atom stereocenters. The summed E-state index contributed by atoms with van der Waals surface area (Å²) < 4.78 is 5.23. The van der Waals surface area contributed by atoms with Crippen molar-refractivity contribution in [1.82, 2.24) is 4.90 Å². The number of halogens is 1. The molecule has 1 aliphatic heterocycles. The summed E-state index contributed by atoms with van der Waals surface area (Å²) in [6.45, 7) is 1.18. The number of amides is 1. The predicted octanol–water partition coefficient (Wildman–Crippen LogP) is 0.755. The van der Waals surface area contributed by atoms with Crippen molar-refractivity contribution < 1.29 is 14.6 Å². The zero-order valence-corrected chi connectivity index (χ0v) is 10.6. The number of morpholine rings is 1. The van der Waals surface area contributed by atoms with Gasteiger partial charge in [0.15, 0.2) is 0 Å². The quantitative estimate of drug-likeness (QED) is 0.778. The maximum atomic E-state index is 12.3. The van der Waals surface area contributed by atoms with Crippen LogP contribution in [0, 0.1) is 0 Å². The first-order chi connectivity index (χ1) is 8.63. The maximum Gasteiger partial charge on any atom is 0.254 e. The fourth-order valence-corrected chi connectivity index (χ4v) is 2.03. The highest BCUT2D eigenvalue weighted by atomic mass is 35.5. The second-order valence-corrected chi connectivity index (χ2v) is 4.55. The standard InChI is InChI=1S/C12H15ClN2O3/c13-10-2-1-8(5-11(10)14)12(17)15-3-4-18-7-9(15)6-16/h1-2,5,9,16H,3-4,6-7,14H2. The molecule has 0 radical (unpaired) electrons. The van der Waals surface area contributed by atoms with Crippen LogP contribution in [-0.4, -0.2) is 48.3 Å². The minimum atomic E-state index is -0.303.